The molecule has 0 aromatic heterocycles. The van der Waals surface area contributed by atoms with Gasteiger partial charge in [0.15, 0.2) is 5.50 Å². The van der Waals surface area contributed by atoms with E-state index in [1.807, 2.05) is 13.8 Å². The van der Waals surface area contributed by atoms with Crippen LogP contribution in [0.5, 0.6) is 0 Å². The van der Waals surface area contributed by atoms with Crippen molar-refractivity contribution in [3.05, 3.63) is 58.9 Å². The molecule has 11 heteroatoms. The van der Waals surface area contributed by atoms with Crippen LogP contribution in [-0.4, -0.2) is 29.5 Å². The second kappa shape index (κ2) is 9.41. The summed E-state index contributed by atoms with van der Waals surface area (Å²) in [5, 5.41) is 9.04. The Bertz CT molecular complexity index is 1210. The number of amides is 1. The summed E-state index contributed by atoms with van der Waals surface area (Å²) in [6.45, 7) is 6.84. The molecule has 0 aliphatic carbocycles. The van der Waals surface area contributed by atoms with Gasteiger partial charge in [0, 0.05) is 11.4 Å². The van der Waals surface area contributed by atoms with Gasteiger partial charge < -0.3 is 9.64 Å². The minimum atomic E-state index is -4.81. The third kappa shape index (κ3) is 4.93. The summed E-state index contributed by atoms with van der Waals surface area (Å²) in [6.07, 6.45) is -4.81. The first-order chi connectivity index (χ1) is 16.2. The Morgan fingerprint density at radius 3 is 2.37 bits per heavy atom. The number of nitriles is 1. The van der Waals surface area contributed by atoms with Crippen LogP contribution in [0.2, 0.25) is 0 Å². The molecule has 3 rings (SSSR count). The Morgan fingerprint density at radius 1 is 1.20 bits per heavy atom. The highest BCUT2D eigenvalue weighted by Gasteiger charge is 2.51. The molecule has 0 saturated carbocycles. The molecule has 1 aliphatic heterocycles. The molecule has 6 nitrogen and oxygen atoms in total. The molecule has 1 aliphatic rings. The number of carbonyl (C=O) groups excluding carboxylic acids is 2. The first kappa shape index (κ1) is 26.3. The molecule has 186 valence electrons. The average molecular weight is 510 g/mol. The Kier molecular flexibility index (Phi) is 7.09. The van der Waals surface area contributed by atoms with Crippen LogP contribution in [0.25, 0.3) is 0 Å². The number of benzene rings is 2. The van der Waals surface area contributed by atoms with Crippen molar-refractivity contribution in [1.82, 2.24) is 0 Å². The fraction of sp³-hybridized carbons (Fsp3) is 0.375. The van der Waals surface area contributed by atoms with Crippen LogP contribution in [0.15, 0.2) is 36.4 Å². The largest absolute Gasteiger partial charge is 0.462 e. The summed E-state index contributed by atoms with van der Waals surface area (Å²) >= 11 is 4.46. The van der Waals surface area contributed by atoms with Gasteiger partial charge in [0.1, 0.15) is 11.4 Å². The van der Waals surface area contributed by atoms with Gasteiger partial charge >= 0.3 is 12.1 Å². The molecule has 2 aromatic rings. The zero-order valence-electron chi connectivity index (χ0n) is 19.4. The van der Waals surface area contributed by atoms with E-state index in [0.717, 1.165) is 17.0 Å². The van der Waals surface area contributed by atoms with Crippen molar-refractivity contribution in [2.45, 2.75) is 44.9 Å². The lowest BCUT2D eigenvalue weighted by molar-refractivity contribution is -0.137. The Labute approximate surface area is 205 Å². The smallest absolute Gasteiger partial charge is 0.417 e. The zero-order valence-corrected chi connectivity index (χ0v) is 20.2. The summed E-state index contributed by atoms with van der Waals surface area (Å²) < 4.78 is 60.3. The molecule has 0 spiro atoms. The molecule has 0 radical (unpaired) electrons. The lowest BCUT2D eigenvalue weighted by atomic mass is 10.0. The monoisotopic (exact) mass is 509 g/mol. The van der Waals surface area contributed by atoms with Crippen LogP contribution in [0, 0.1) is 23.1 Å². The molecule has 1 unspecified atom stereocenters. The van der Waals surface area contributed by atoms with Crippen LogP contribution in [0.3, 0.4) is 0 Å². The number of carbonyl (C=O) groups is 2. The van der Waals surface area contributed by atoms with E-state index in [9.17, 15) is 27.2 Å². The van der Waals surface area contributed by atoms with Gasteiger partial charge in [-0.2, -0.15) is 18.4 Å². The maximum Gasteiger partial charge on any atom is 0.417 e. The van der Waals surface area contributed by atoms with Gasteiger partial charge in [-0.05, 0) is 56.2 Å². The number of anilines is 2. The summed E-state index contributed by atoms with van der Waals surface area (Å²) in [4.78, 5) is 27.9. The summed E-state index contributed by atoms with van der Waals surface area (Å²) in [6, 6.07) is 8.11. The normalized spacial score (nSPS) is 17.6. The standard InChI is InChI=1S/C24H23F4N3O3S/c1-13(2)12-34-20(32)17-8-7-16(10-19(17)25)31-22(35)30(21(33)23(31,3)4)15-6-5-14(11-29)18(9-15)24(26,27)28/h5-10,13,22,35H,12H2,1-4H3. The van der Waals surface area contributed by atoms with Gasteiger partial charge in [-0.1, -0.05) is 13.8 Å². The van der Waals surface area contributed by atoms with Crippen LogP contribution in [0.1, 0.15) is 49.2 Å². The van der Waals surface area contributed by atoms with Crippen molar-refractivity contribution in [1.29, 1.82) is 5.26 Å². The van der Waals surface area contributed by atoms with Gasteiger partial charge in [0.05, 0.1) is 29.4 Å². The third-order valence-electron chi connectivity index (χ3n) is 5.51. The van der Waals surface area contributed by atoms with E-state index in [4.69, 9.17) is 10.00 Å². The molecule has 1 atom stereocenters. The fourth-order valence-corrected chi connectivity index (χ4v) is 4.43. The number of ether oxygens (including phenoxy) is 1. The predicted octanol–water partition coefficient (Wildman–Crippen LogP) is 5.37. The van der Waals surface area contributed by atoms with E-state index in [-0.39, 0.29) is 29.5 Å². The number of thiol groups is 1. The maximum atomic E-state index is 14.8. The van der Waals surface area contributed by atoms with Gasteiger partial charge in [-0.25, -0.2) is 9.18 Å². The average Bonchev–Trinajstić information content (AvgIpc) is 2.94. The van der Waals surface area contributed by atoms with Gasteiger partial charge in [0.25, 0.3) is 5.91 Å². The van der Waals surface area contributed by atoms with Crippen LogP contribution >= 0.6 is 12.6 Å². The molecule has 2 aromatic carbocycles. The van der Waals surface area contributed by atoms with Crippen molar-refractivity contribution in [3.8, 4) is 6.07 Å². The molecule has 0 bridgehead atoms. The summed E-state index contributed by atoms with van der Waals surface area (Å²) in [5.74, 6) is -2.23. The number of alkyl halides is 3. The molecule has 1 heterocycles. The Balaban J connectivity index is 2.00. The highest BCUT2D eigenvalue weighted by molar-refractivity contribution is 7.81. The quantitative estimate of drug-likeness (QED) is 0.333. The second-order valence-electron chi connectivity index (χ2n) is 8.95. The van der Waals surface area contributed by atoms with Crippen LogP contribution in [0.4, 0.5) is 28.9 Å². The second-order valence-corrected chi connectivity index (χ2v) is 9.41. The molecule has 1 saturated heterocycles. The highest BCUT2D eigenvalue weighted by atomic mass is 32.1. The van der Waals surface area contributed by atoms with Gasteiger partial charge in [-0.15, -0.1) is 12.6 Å². The van der Waals surface area contributed by atoms with Crippen molar-refractivity contribution in [2.24, 2.45) is 5.92 Å². The van der Waals surface area contributed by atoms with Crippen molar-refractivity contribution >= 4 is 35.9 Å². The molecule has 35 heavy (non-hydrogen) atoms. The third-order valence-corrected chi connectivity index (χ3v) is 5.97. The molecular formula is C24H23F4N3O3S. The highest BCUT2D eigenvalue weighted by Crippen LogP contribution is 2.42. The Hall–Kier alpha value is -3.26. The summed E-state index contributed by atoms with van der Waals surface area (Å²) in [5.41, 5.74) is -4.42. The Morgan fingerprint density at radius 2 is 1.83 bits per heavy atom. The SMILES string of the molecule is CC(C)COC(=O)c1ccc(N2C(S)N(c3ccc(C#N)c(C(F)(F)F)c3)C(=O)C2(C)C)cc1F. The maximum absolute atomic E-state index is 14.8. The number of rotatable bonds is 5. The zero-order chi connectivity index (χ0) is 26.3. The number of halogens is 4. The van der Waals surface area contributed by atoms with Crippen molar-refractivity contribution < 1.29 is 31.9 Å². The van der Waals surface area contributed by atoms with Crippen molar-refractivity contribution in [3.63, 3.8) is 0 Å². The van der Waals surface area contributed by atoms with Crippen LogP contribution in [-0.2, 0) is 15.7 Å². The molecule has 0 N–H and O–H groups in total. The molecule has 1 amide bonds. The van der Waals surface area contributed by atoms with E-state index < -0.39 is 46.0 Å². The van der Waals surface area contributed by atoms with E-state index in [0.29, 0.717) is 6.07 Å². The van der Waals surface area contributed by atoms with E-state index >= 15 is 0 Å². The minimum Gasteiger partial charge on any atom is -0.462 e. The first-order valence-corrected chi connectivity index (χ1v) is 11.1. The summed E-state index contributed by atoms with van der Waals surface area (Å²) in [7, 11) is 0. The fourth-order valence-electron chi connectivity index (χ4n) is 3.77. The van der Waals surface area contributed by atoms with Gasteiger partial charge in [0.2, 0.25) is 0 Å². The lowest BCUT2D eigenvalue weighted by Gasteiger charge is -2.33. The number of nitrogens with zero attached hydrogens (tertiary/aromatic N) is 3. The van der Waals surface area contributed by atoms with E-state index in [2.05, 4.69) is 12.6 Å². The number of esters is 1. The van der Waals surface area contributed by atoms with E-state index in [1.165, 1.54) is 43.0 Å². The van der Waals surface area contributed by atoms with Crippen LogP contribution < -0.4 is 9.80 Å². The van der Waals surface area contributed by atoms with Gasteiger partial charge in [-0.3, -0.25) is 9.69 Å². The minimum absolute atomic E-state index is 0.0636. The molecule has 1 fully saturated rings. The topological polar surface area (TPSA) is 73.6 Å². The number of hydrogen-bond acceptors (Lipinski definition) is 6. The number of hydrogen-bond donors (Lipinski definition) is 1. The van der Waals surface area contributed by atoms with Crippen molar-refractivity contribution in [2.75, 3.05) is 16.4 Å². The lowest BCUT2D eigenvalue weighted by Crippen LogP contribution is -2.45. The van der Waals surface area contributed by atoms with E-state index in [1.54, 1.807) is 0 Å². The predicted molar refractivity (Wildman–Crippen MR) is 124 cm³/mol. The molecular weight excluding hydrogens is 486 g/mol. The first-order valence-electron chi connectivity index (χ1n) is 10.6.